The zero-order chi connectivity index (χ0) is 20.4. The third-order valence-electron chi connectivity index (χ3n) is 5.51. The Labute approximate surface area is 173 Å². The molecule has 1 unspecified atom stereocenters. The predicted molar refractivity (Wildman–Crippen MR) is 110 cm³/mol. The molecule has 0 aliphatic carbocycles. The number of rotatable bonds is 6. The summed E-state index contributed by atoms with van der Waals surface area (Å²) in [5.41, 5.74) is 3.80. The summed E-state index contributed by atoms with van der Waals surface area (Å²) in [6.07, 6.45) is 2.03. The molecule has 8 heteroatoms. The first-order valence-electron chi connectivity index (χ1n) is 9.72. The van der Waals surface area contributed by atoms with Crippen molar-refractivity contribution in [2.45, 2.75) is 38.3 Å². The molecule has 7 nitrogen and oxygen atoms in total. The number of nitrogens with zero attached hydrogens (tertiary/aromatic N) is 2. The second-order valence-electron chi connectivity index (χ2n) is 7.75. The van der Waals surface area contributed by atoms with E-state index in [2.05, 4.69) is 22.2 Å². The topological polar surface area (TPSA) is 81.8 Å². The van der Waals surface area contributed by atoms with E-state index in [4.69, 9.17) is 0 Å². The Kier molecular flexibility index (Phi) is 5.38. The number of carbonyl (C=O) groups is 3. The van der Waals surface area contributed by atoms with Crippen LogP contribution < -0.4 is 10.7 Å². The number of aryl methyl sites for hydroxylation is 1. The molecule has 0 saturated carbocycles. The molecule has 1 fully saturated rings. The number of carbonyl (C=O) groups excluding carboxylic acids is 3. The second kappa shape index (κ2) is 7.96. The smallest absolute Gasteiger partial charge is 0.322 e. The lowest BCUT2D eigenvalue weighted by Crippen LogP contribution is -2.51. The predicted octanol–water partition coefficient (Wildman–Crippen LogP) is 2.08. The van der Waals surface area contributed by atoms with E-state index in [0.717, 1.165) is 23.5 Å². The van der Waals surface area contributed by atoms with Crippen molar-refractivity contribution >= 4 is 29.2 Å². The molecule has 3 heterocycles. The van der Waals surface area contributed by atoms with Crippen molar-refractivity contribution in [2.75, 3.05) is 13.1 Å². The summed E-state index contributed by atoms with van der Waals surface area (Å²) in [4.78, 5) is 41.0. The third kappa shape index (κ3) is 4.18. The summed E-state index contributed by atoms with van der Waals surface area (Å²) in [5, 5.41) is 5.62. The highest BCUT2D eigenvalue weighted by molar-refractivity contribution is 7.10. The van der Waals surface area contributed by atoms with Crippen molar-refractivity contribution in [2.24, 2.45) is 0 Å². The van der Waals surface area contributed by atoms with Crippen LogP contribution in [0.15, 0.2) is 41.8 Å². The van der Waals surface area contributed by atoms with E-state index in [1.807, 2.05) is 35.2 Å². The number of hydrogen-bond donors (Lipinski definition) is 2. The number of amides is 4. The number of hydrazine groups is 1. The first-order valence-corrected chi connectivity index (χ1v) is 10.6. The lowest BCUT2D eigenvalue weighted by atomic mass is 9.93. The van der Waals surface area contributed by atoms with Crippen LogP contribution in [0.4, 0.5) is 4.79 Å². The number of thiophene rings is 1. The highest BCUT2D eigenvalue weighted by Gasteiger charge is 2.48. The van der Waals surface area contributed by atoms with E-state index in [1.54, 1.807) is 18.3 Å². The van der Waals surface area contributed by atoms with E-state index >= 15 is 0 Å². The molecule has 0 spiro atoms. The fraction of sp³-hybridized carbons (Fsp3) is 0.381. The van der Waals surface area contributed by atoms with Crippen LogP contribution in [-0.4, -0.2) is 46.4 Å². The van der Waals surface area contributed by atoms with E-state index < -0.39 is 17.5 Å². The largest absolute Gasteiger partial charge is 0.344 e. The van der Waals surface area contributed by atoms with Gasteiger partial charge in [-0.3, -0.25) is 19.9 Å². The molecular weight excluding hydrogens is 388 g/mol. The van der Waals surface area contributed by atoms with Crippen molar-refractivity contribution in [3.05, 3.63) is 57.8 Å². The first kappa shape index (κ1) is 19.6. The van der Waals surface area contributed by atoms with Crippen molar-refractivity contribution in [1.82, 2.24) is 20.7 Å². The number of benzene rings is 1. The Morgan fingerprint density at radius 2 is 2.03 bits per heavy atom. The number of imide groups is 1. The normalized spacial score (nSPS) is 21.8. The second-order valence-corrected chi connectivity index (χ2v) is 8.75. The minimum absolute atomic E-state index is 0.146. The molecule has 1 atom stereocenters. The van der Waals surface area contributed by atoms with Crippen molar-refractivity contribution in [1.29, 1.82) is 0 Å². The van der Waals surface area contributed by atoms with Gasteiger partial charge in [0.2, 0.25) is 0 Å². The van der Waals surface area contributed by atoms with Gasteiger partial charge in [-0.25, -0.2) is 4.79 Å². The van der Waals surface area contributed by atoms with Crippen molar-refractivity contribution in [3.63, 3.8) is 0 Å². The van der Waals surface area contributed by atoms with E-state index in [0.29, 0.717) is 19.4 Å². The maximum atomic E-state index is 12.8. The number of hydrogen-bond acceptors (Lipinski definition) is 5. The summed E-state index contributed by atoms with van der Waals surface area (Å²) in [6.45, 7) is 3.34. The number of fused-ring (bicyclic) bond motifs is 1. The molecule has 1 aromatic carbocycles. The van der Waals surface area contributed by atoms with Gasteiger partial charge < -0.3 is 5.32 Å². The lowest BCUT2D eigenvalue weighted by molar-refractivity contribution is -0.139. The van der Waals surface area contributed by atoms with Crippen molar-refractivity contribution in [3.8, 4) is 0 Å². The van der Waals surface area contributed by atoms with E-state index in [9.17, 15) is 14.4 Å². The van der Waals surface area contributed by atoms with Gasteiger partial charge in [0.15, 0.2) is 0 Å². The molecule has 4 amide bonds. The summed E-state index contributed by atoms with van der Waals surface area (Å²) < 4.78 is 0. The molecule has 0 bridgehead atoms. The standard InChI is InChI=1S/C21H24N4O3S/c1-21(10-7-15-5-3-2-4-6-15)19(27)25(20(28)22-21)23-18(26)14-24-11-8-17-16(13-24)9-12-29-17/h2-6,9,12H,7-8,10-11,13-14H2,1H3,(H,22,28)(H,23,26). The van der Waals surface area contributed by atoms with Gasteiger partial charge in [-0.1, -0.05) is 30.3 Å². The molecule has 2 N–H and O–H groups in total. The Morgan fingerprint density at radius 3 is 2.83 bits per heavy atom. The Morgan fingerprint density at radius 1 is 1.24 bits per heavy atom. The fourth-order valence-corrected chi connectivity index (χ4v) is 4.69. The van der Waals surface area contributed by atoms with Crippen LogP contribution in [0.3, 0.4) is 0 Å². The number of urea groups is 1. The molecule has 152 valence electrons. The van der Waals surface area contributed by atoms with Crippen LogP contribution in [0.2, 0.25) is 0 Å². The van der Waals surface area contributed by atoms with Crippen LogP contribution >= 0.6 is 11.3 Å². The zero-order valence-corrected chi connectivity index (χ0v) is 17.1. The van der Waals surface area contributed by atoms with Crippen LogP contribution in [0, 0.1) is 0 Å². The maximum absolute atomic E-state index is 12.8. The van der Waals surface area contributed by atoms with Gasteiger partial charge in [0, 0.05) is 18.0 Å². The average molecular weight is 413 g/mol. The first-order chi connectivity index (χ1) is 13.9. The number of nitrogens with one attached hydrogen (secondary N) is 2. The molecule has 4 rings (SSSR count). The Balaban J connectivity index is 1.33. The average Bonchev–Trinajstić information content (AvgIpc) is 3.25. The molecule has 29 heavy (non-hydrogen) atoms. The minimum atomic E-state index is -1.03. The SMILES string of the molecule is CC1(CCc2ccccc2)NC(=O)N(NC(=O)CN2CCc3sccc3C2)C1=O. The van der Waals surface area contributed by atoms with E-state index in [1.165, 1.54) is 10.4 Å². The van der Waals surface area contributed by atoms with Gasteiger partial charge in [-0.2, -0.15) is 5.01 Å². The van der Waals surface area contributed by atoms with Crippen molar-refractivity contribution < 1.29 is 14.4 Å². The van der Waals surface area contributed by atoms with Gasteiger partial charge in [0.05, 0.1) is 6.54 Å². The summed E-state index contributed by atoms with van der Waals surface area (Å²) in [7, 11) is 0. The molecule has 1 aromatic heterocycles. The Hall–Kier alpha value is -2.71. The van der Waals surface area contributed by atoms with Gasteiger partial charge in [0.1, 0.15) is 5.54 Å². The molecule has 0 radical (unpaired) electrons. The molecule has 2 aliphatic rings. The third-order valence-corrected chi connectivity index (χ3v) is 6.53. The van der Waals surface area contributed by atoms with E-state index in [-0.39, 0.29) is 12.5 Å². The van der Waals surface area contributed by atoms with Crippen LogP contribution in [-0.2, 0) is 29.0 Å². The van der Waals surface area contributed by atoms with Crippen LogP contribution in [0.1, 0.15) is 29.3 Å². The van der Waals surface area contributed by atoms with Gasteiger partial charge in [-0.15, -0.1) is 11.3 Å². The summed E-state index contributed by atoms with van der Waals surface area (Å²) >= 11 is 1.74. The quantitative estimate of drug-likeness (QED) is 0.712. The monoisotopic (exact) mass is 412 g/mol. The zero-order valence-electron chi connectivity index (χ0n) is 16.3. The summed E-state index contributed by atoms with van der Waals surface area (Å²) in [5.74, 6) is -0.787. The van der Waals surface area contributed by atoms with Gasteiger partial charge in [0.25, 0.3) is 11.8 Å². The molecular formula is C21H24N4O3S. The maximum Gasteiger partial charge on any atom is 0.344 e. The van der Waals surface area contributed by atoms with Crippen LogP contribution in [0.25, 0.3) is 0 Å². The van der Waals surface area contributed by atoms with Gasteiger partial charge in [-0.05, 0) is 48.8 Å². The fourth-order valence-electron chi connectivity index (χ4n) is 3.80. The van der Waals surface area contributed by atoms with Gasteiger partial charge >= 0.3 is 6.03 Å². The molecule has 2 aromatic rings. The molecule has 1 saturated heterocycles. The Bertz CT molecular complexity index is 929. The minimum Gasteiger partial charge on any atom is -0.322 e. The highest BCUT2D eigenvalue weighted by Crippen LogP contribution is 2.24. The van der Waals surface area contributed by atoms with Crippen LogP contribution in [0.5, 0.6) is 0 Å². The highest BCUT2D eigenvalue weighted by atomic mass is 32.1. The lowest BCUT2D eigenvalue weighted by Gasteiger charge is -2.27. The summed E-state index contributed by atoms with van der Waals surface area (Å²) in [6, 6.07) is 11.3. The molecule has 2 aliphatic heterocycles.